The van der Waals surface area contributed by atoms with Crippen molar-refractivity contribution in [3.8, 4) is 22.4 Å². The van der Waals surface area contributed by atoms with Crippen LogP contribution in [0.1, 0.15) is 35.3 Å². The van der Waals surface area contributed by atoms with Gasteiger partial charge in [-0.15, -0.1) is 0 Å². The molecule has 1 amide bonds. The summed E-state index contributed by atoms with van der Waals surface area (Å²) in [5.41, 5.74) is 11.8. The molecular formula is C25H30N6O2. The number of carbonyl (C=O) groups excluding carboxylic acids is 1. The number of anilines is 1. The van der Waals surface area contributed by atoms with Crippen LogP contribution < -0.4 is 10.6 Å². The van der Waals surface area contributed by atoms with E-state index >= 15 is 0 Å². The Morgan fingerprint density at radius 3 is 2.55 bits per heavy atom. The second kappa shape index (κ2) is 9.72. The standard InChI is InChI=1S/C25H30N6O2/c26-25(32)24-21(6-7-22(29-24)19-15-27-28-16-19)20-5-4-18(17-30-10-12-33-13-11-30)14-23(20)31-8-2-1-3-9-31/h4-7,14-16H,1-3,8-13,17H2,(H2,26,32)(H,27,28). The summed E-state index contributed by atoms with van der Waals surface area (Å²) < 4.78 is 5.50. The van der Waals surface area contributed by atoms with Crippen molar-refractivity contribution in [1.82, 2.24) is 20.1 Å². The van der Waals surface area contributed by atoms with Gasteiger partial charge in [-0.2, -0.15) is 5.10 Å². The number of H-pyrrole nitrogens is 1. The summed E-state index contributed by atoms with van der Waals surface area (Å²) >= 11 is 0. The number of piperidine rings is 1. The van der Waals surface area contributed by atoms with Gasteiger partial charge in [0.15, 0.2) is 0 Å². The van der Waals surface area contributed by atoms with Crippen molar-refractivity contribution in [3.05, 3.63) is 54.0 Å². The first-order valence-electron chi connectivity index (χ1n) is 11.7. The Morgan fingerprint density at radius 2 is 1.82 bits per heavy atom. The highest BCUT2D eigenvalue weighted by molar-refractivity contribution is 6.00. The van der Waals surface area contributed by atoms with Crippen LogP contribution in [0.15, 0.2) is 42.7 Å². The Hall–Kier alpha value is -3.23. The van der Waals surface area contributed by atoms with Crippen molar-refractivity contribution in [3.63, 3.8) is 0 Å². The van der Waals surface area contributed by atoms with Crippen molar-refractivity contribution in [2.45, 2.75) is 25.8 Å². The molecule has 2 aromatic heterocycles. The highest BCUT2D eigenvalue weighted by Crippen LogP contribution is 2.36. The number of nitrogens with two attached hydrogens (primary N) is 1. The van der Waals surface area contributed by atoms with Crippen LogP contribution >= 0.6 is 0 Å². The summed E-state index contributed by atoms with van der Waals surface area (Å²) in [6.45, 7) is 6.39. The van der Waals surface area contributed by atoms with E-state index in [1.54, 1.807) is 12.4 Å². The van der Waals surface area contributed by atoms with E-state index in [-0.39, 0.29) is 5.69 Å². The largest absolute Gasteiger partial charge is 0.379 e. The molecule has 5 rings (SSSR count). The Morgan fingerprint density at radius 1 is 1.03 bits per heavy atom. The molecule has 2 aliphatic heterocycles. The Kier molecular flexibility index (Phi) is 6.37. The molecule has 4 heterocycles. The smallest absolute Gasteiger partial charge is 0.267 e. The van der Waals surface area contributed by atoms with Gasteiger partial charge in [-0.25, -0.2) is 4.98 Å². The number of hydrogen-bond donors (Lipinski definition) is 2. The summed E-state index contributed by atoms with van der Waals surface area (Å²) in [4.78, 5) is 21.9. The number of benzene rings is 1. The minimum absolute atomic E-state index is 0.285. The first-order valence-corrected chi connectivity index (χ1v) is 11.7. The quantitative estimate of drug-likeness (QED) is 0.604. The topological polar surface area (TPSA) is 100 Å². The molecule has 0 radical (unpaired) electrons. The van der Waals surface area contributed by atoms with Gasteiger partial charge in [0.05, 0.1) is 25.1 Å². The molecule has 1 aromatic carbocycles. The molecule has 0 bridgehead atoms. The van der Waals surface area contributed by atoms with E-state index in [1.165, 1.54) is 24.8 Å². The predicted octanol–water partition coefficient (Wildman–Crippen LogP) is 3.06. The van der Waals surface area contributed by atoms with Crippen LogP contribution in [0.4, 0.5) is 5.69 Å². The zero-order valence-electron chi connectivity index (χ0n) is 18.8. The average Bonchev–Trinajstić information content (AvgIpc) is 3.40. The first-order chi connectivity index (χ1) is 16.2. The molecule has 2 saturated heterocycles. The fraction of sp³-hybridized carbons (Fsp3) is 0.400. The molecule has 3 aromatic rings. The van der Waals surface area contributed by atoms with Crippen molar-refractivity contribution in [2.24, 2.45) is 5.73 Å². The lowest BCUT2D eigenvalue weighted by Crippen LogP contribution is -2.35. The van der Waals surface area contributed by atoms with E-state index in [1.807, 2.05) is 12.1 Å². The number of morpholine rings is 1. The third kappa shape index (κ3) is 4.77. The lowest BCUT2D eigenvalue weighted by molar-refractivity contribution is 0.0342. The van der Waals surface area contributed by atoms with Crippen molar-refractivity contribution in [1.29, 1.82) is 0 Å². The maximum absolute atomic E-state index is 12.4. The van der Waals surface area contributed by atoms with E-state index in [4.69, 9.17) is 10.5 Å². The average molecular weight is 447 g/mol. The van der Waals surface area contributed by atoms with Gasteiger partial charge >= 0.3 is 0 Å². The zero-order valence-corrected chi connectivity index (χ0v) is 18.8. The molecular weight excluding hydrogens is 416 g/mol. The molecule has 2 aliphatic rings. The maximum atomic E-state index is 12.4. The van der Waals surface area contributed by atoms with Gasteiger partial charge in [-0.1, -0.05) is 12.1 Å². The van der Waals surface area contributed by atoms with Crippen LogP contribution in [0.3, 0.4) is 0 Å². The molecule has 3 N–H and O–H groups in total. The zero-order chi connectivity index (χ0) is 22.6. The number of amides is 1. The number of pyridine rings is 1. The second-order valence-electron chi connectivity index (χ2n) is 8.73. The van der Waals surface area contributed by atoms with Crippen LogP contribution in [0.5, 0.6) is 0 Å². The van der Waals surface area contributed by atoms with Crippen LogP contribution in [0.2, 0.25) is 0 Å². The number of nitrogens with one attached hydrogen (secondary N) is 1. The minimum Gasteiger partial charge on any atom is -0.379 e. The number of carbonyl (C=O) groups is 1. The predicted molar refractivity (Wildman–Crippen MR) is 128 cm³/mol. The normalized spacial score (nSPS) is 17.3. The number of ether oxygens (including phenoxy) is 1. The molecule has 172 valence electrons. The van der Waals surface area contributed by atoms with Gasteiger partial charge in [0.1, 0.15) is 5.69 Å². The summed E-state index contributed by atoms with van der Waals surface area (Å²) in [6, 6.07) is 10.5. The molecule has 8 nitrogen and oxygen atoms in total. The lowest BCUT2D eigenvalue weighted by Gasteiger charge is -2.32. The van der Waals surface area contributed by atoms with Gasteiger partial charge < -0.3 is 15.4 Å². The third-order valence-electron chi connectivity index (χ3n) is 6.48. The van der Waals surface area contributed by atoms with Gasteiger partial charge in [-0.05, 0) is 43.0 Å². The first kappa shape index (κ1) is 21.6. The number of rotatable bonds is 6. The van der Waals surface area contributed by atoms with Gasteiger partial charge in [0, 0.05) is 61.3 Å². The number of hydrogen-bond acceptors (Lipinski definition) is 6. The van der Waals surface area contributed by atoms with E-state index < -0.39 is 5.91 Å². The monoisotopic (exact) mass is 446 g/mol. The van der Waals surface area contributed by atoms with Gasteiger partial charge in [0.2, 0.25) is 0 Å². The third-order valence-corrected chi connectivity index (χ3v) is 6.48. The fourth-order valence-electron chi connectivity index (χ4n) is 4.73. The molecule has 0 aliphatic carbocycles. The lowest BCUT2D eigenvalue weighted by atomic mass is 9.96. The van der Waals surface area contributed by atoms with Crippen LogP contribution in [-0.2, 0) is 11.3 Å². The van der Waals surface area contributed by atoms with Gasteiger partial charge in [-0.3, -0.25) is 14.8 Å². The summed E-state index contributed by atoms with van der Waals surface area (Å²) in [5.74, 6) is -0.530. The molecule has 8 heteroatoms. The Labute approximate surface area is 193 Å². The highest BCUT2D eigenvalue weighted by Gasteiger charge is 2.22. The highest BCUT2D eigenvalue weighted by atomic mass is 16.5. The van der Waals surface area contributed by atoms with E-state index in [0.29, 0.717) is 5.69 Å². The van der Waals surface area contributed by atoms with Crippen LogP contribution in [0, 0.1) is 0 Å². The Bertz CT molecular complexity index is 1100. The van der Waals surface area contributed by atoms with Crippen molar-refractivity contribution >= 4 is 11.6 Å². The molecule has 0 saturated carbocycles. The van der Waals surface area contributed by atoms with E-state index in [9.17, 15) is 4.79 Å². The summed E-state index contributed by atoms with van der Waals surface area (Å²) in [7, 11) is 0. The molecule has 0 atom stereocenters. The maximum Gasteiger partial charge on any atom is 0.267 e. The number of aromatic amines is 1. The Balaban J connectivity index is 1.55. The number of aromatic nitrogens is 3. The van der Waals surface area contributed by atoms with Crippen molar-refractivity contribution in [2.75, 3.05) is 44.3 Å². The van der Waals surface area contributed by atoms with E-state index in [2.05, 4.69) is 43.2 Å². The minimum atomic E-state index is -0.530. The summed E-state index contributed by atoms with van der Waals surface area (Å²) in [6.07, 6.45) is 7.05. The molecule has 2 fully saturated rings. The van der Waals surface area contributed by atoms with E-state index in [0.717, 1.165) is 68.3 Å². The van der Waals surface area contributed by atoms with Crippen molar-refractivity contribution < 1.29 is 9.53 Å². The summed E-state index contributed by atoms with van der Waals surface area (Å²) in [5, 5.41) is 6.78. The SMILES string of the molecule is NC(=O)c1nc(-c2cn[nH]c2)ccc1-c1ccc(CN2CCOCC2)cc1N1CCCCC1. The number of primary amides is 1. The molecule has 0 spiro atoms. The van der Waals surface area contributed by atoms with Crippen LogP contribution in [-0.4, -0.2) is 65.4 Å². The molecule has 33 heavy (non-hydrogen) atoms. The molecule has 0 unspecified atom stereocenters. The van der Waals surface area contributed by atoms with Crippen LogP contribution in [0.25, 0.3) is 22.4 Å². The fourth-order valence-corrected chi connectivity index (χ4v) is 4.73. The second-order valence-corrected chi connectivity index (χ2v) is 8.73. The number of nitrogens with zero attached hydrogens (tertiary/aromatic N) is 4. The van der Waals surface area contributed by atoms with Gasteiger partial charge in [0.25, 0.3) is 5.91 Å².